The van der Waals surface area contributed by atoms with Crippen LogP contribution in [0.4, 0.5) is 0 Å². The van der Waals surface area contributed by atoms with Gasteiger partial charge in [0, 0.05) is 0 Å². The van der Waals surface area contributed by atoms with Crippen molar-refractivity contribution in [2.24, 2.45) is 0 Å². The van der Waals surface area contributed by atoms with Crippen molar-refractivity contribution in [2.75, 3.05) is 13.2 Å². The molecule has 0 aliphatic carbocycles. The van der Waals surface area contributed by atoms with Crippen LogP contribution in [-0.2, 0) is 4.74 Å². The Kier molecular flexibility index (Phi) is 1.22. The predicted octanol–water partition coefficient (Wildman–Crippen LogP) is -0.892. The first-order valence-corrected chi connectivity index (χ1v) is 3.41. The first-order valence-electron chi connectivity index (χ1n) is 3.41. The topological polar surface area (TPSA) is 41.5 Å². The Labute approximate surface area is 54.0 Å². The van der Waals surface area contributed by atoms with Gasteiger partial charge in [-0.05, 0) is 13.0 Å². The maximum atomic E-state index is 9.21. The zero-order valence-corrected chi connectivity index (χ0v) is 5.21. The molecular formula is C6H11NO2. The number of rotatable bonds is 0. The maximum Gasteiger partial charge on any atom is 0.0951 e. The molecule has 3 atom stereocenters. The van der Waals surface area contributed by atoms with Crippen LogP contribution in [0.5, 0.6) is 0 Å². The molecule has 9 heavy (non-hydrogen) atoms. The number of nitrogens with one attached hydrogen (secondary N) is 1. The first-order chi connectivity index (χ1) is 4.38. The summed E-state index contributed by atoms with van der Waals surface area (Å²) in [5.41, 5.74) is 0. The minimum atomic E-state index is -0.266. The van der Waals surface area contributed by atoms with E-state index in [1.54, 1.807) is 0 Å². The molecule has 52 valence electrons. The van der Waals surface area contributed by atoms with Crippen LogP contribution in [0, 0.1) is 0 Å². The quantitative estimate of drug-likeness (QED) is 0.446. The summed E-state index contributed by atoms with van der Waals surface area (Å²) >= 11 is 0. The molecule has 2 saturated heterocycles. The molecule has 0 radical (unpaired) electrons. The van der Waals surface area contributed by atoms with E-state index in [1.165, 1.54) is 0 Å². The van der Waals surface area contributed by atoms with E-state index in [0.29, 0.717) is 12.7 Å². The van der Waals surface area contributed by atoms with Crippen LogP contribution in [0.25, 0.3) is 0 Å². The standard InChI is InChI=1S/C6H11NO2/c8-4-3-9-5-1-2-7-6(4)5/h4-8H,1-3H2/t4-,5-,6+/m0/s1. The molecule has 2 fully saturated rings. The molecule has 0 aromatic heterocycles. The molecule has 2 aliphatic rings. The van der Waals surface area contributed by atoms with Crippen LogP contribution in [0.1, 0.15) is 6.42 Å². The zero-order valence-electron chi connectivity index (χ0n) is 5.21. The predicted molar refractivity (Wildman–Crippen MR) is 32.2 cm³/mol. The van der Waals surface area contributed by atoms with Crippen molar-refractivity contribution in [2.45, 2.75) is 24.7 Å². The highest BCUT2D eigenvalue weighted by Crippen LogP contribution is 2.21. The van der Waals surface area contributed by atoms with E-state index in [4.69, 9.17) is 4.74 Å². The van der Waals surface area contributed by atoms with Gasteiger partial charge in [0.2, 0.25) is 0 Å². The van der Waals surface area contributed by atoms with E-state index in [-0.39, 0.29) is 12.1 Å². The molecule has 2 aliphatic heterocycles. The minimum absolute atomic E-state index is 0.227. The zero-order chi connectivity index (χ0) is 6.27. The average Bonchev–Trinajstić information content (AvgIpc) is 2.35. The van der Waals surface area contributed by atoms with E-state index in [1.807, 2.05) is 0 Å². The Balaban J connectivity index is 2.07. The second kappa shape index (κ2) is 1.94. The van der Waals surface area contributed by atoms with Crippen molar-refractivity contribution in [3.63, 3.8) is 0 Å². The Morgan fingerprint density at radius 2 is 2.44 bits per heavy atom. The summed E-state index contributed by atoms with van der Waals surface area (Å²) in [6, 6.07) is 0.227. The monoisotopic (exact) mass is 129 g/mol. The lowest BCUT2D eigenvalue weighted by Gasteiger charge is -2.09. The number of aliphatic hydroxyl groups is 1. The fraction of sp³-hybridized carbons (Fsp3) is 1.00. The largest absolute Gasteiger partial charge is 0.389 e. The lowest BCUT2D eigenvalue weighted by Crippen LogP contribution is -2.36. The minimum Gasteiger partial charge on any atom is -0.389 e. The summed E-state index contributed by atoms with van der Waals surface area (Å²) in [6.45, 7) is 1.51. The van der Waals surface area contributed by atoms with Gasteiger partial charge < -0.3 is 15.2 Å². The molecule has 0 saturated carbocycles. The van der Waals surface area contributed by atoms with E-state index in [2.05, 4.69) is 5.32 Å². The number of aliphatic hydroxyl groups excluding tert-OH is 1. The molecule has 2 N–H and O–H groups in total. The van der Waals surface area contributed by atoms with Crippen molar-refractivity contribution >= 4 is 0 Å². The molecule has 2 heterocycles. The lowest BCUT2D eigenvalue weighted by molar-refractivity contribution is 0.0875. The third-order valence-electron chi connectivity index (χ3n) is 2.11. The van der Waals surface area contributed by atoms with Crippen LogP contribution in [0.2, 0.25) is 0 Å². The van der Waals surface area contributed by atoms with E-state index < -0.39 is 0 Å². The van der Waals surface area contributed by atoms with Crippen LogP contribution in [0.3, 0.4) is 0 Å². The summed E-state index contributed by atoms with van der Waals surface area (Å²) < 4.78 is 5.28. The number of hydrogen-bond acceptors (Lipinski definition) is 3. The van der Waals surface area contributed by atoms with Gasteiger partial charge >= 0.3 is 0 Å². The van der Waals surface area contributed by atoms with Crippen LogP contribution < -0.4 is 5.32 Å². The Bertz CT molecular complexity index is 118. The van der Waals surface area contributed by atoms with Gasteiger partial charge in [-0.15, -0.1) is 0 Å². The van der Waals surface area contributed by atoms with Crippen molar-refractivity contribution in [1.29, 1.82) is 0 Å². The highest BCUT2D eigenvalue weighted by molar-refractivity contribution is 4.94. The van der Waals surface area contributed by atoms with Crippen LogP contribution in [0.15, 0.2) is 0 Å². The van der Waals surface area contributed by atoms with Gasteiger partial charge in [-0.2, -0.15) is 0 Å². The van der Waals surface area contributed by atoms with Gasteiger partial charge in [0.15, 0.2) is 0 Å². The summed E-state index contributed by atoms with van der Waals surface area (Å²) in [6.07, 6.45) is 1.08. The van der Waals surface area contributed by atoms with Gasteiger partial charge in [-0.1, -0.05) is 0 Å². The maximum absolute atomic E-state index is 9.21. The highest BCUT2D eigenvalue weighted by Gasteiger charge is 2.38. The van der Waals surface area contributed by atoms with E-state index in [0.717, 1.165) is 13.0 Å². The molecule has 3 heteroatoms. The fourth-order valence-electron chi connectivity index (χ4n) is 1.60. The molecule has 3 nitrogen and oxygen atoms in total. The van der Waals surface area contributed by atoms with E-state index >= 15 is 0 Å². The molecule has 2 rings (SSSR count). The van der Waals surface area contributed by atoms with Gasteiger partial charge in [-0.3, -0.25) is 0 Å². The summed E-state index contributed by atoms with van der Waals surface area (Å²) in [5.74, 6) is 0. The van der Waals surface area contributed by atoms with Gasteiger partial charge in [0.05, 0.1) is 24.9 Å². The number of fused-ring (bicyclic) bond motifs is 1. The molecule has 0 amide bonds. The van der Waals surface area contributed by atoms with Gasteiger partial charge in [-0.25, -0.2) is 0 Å². The van der Waals surface area contributed by atoms with Crippen molar-refractivity contribution in [1.82, 2.24) is 5.32 Å². The SMILES string of the molecule is O[C@H]1CO[C@H]2CCN[C@@H]21. The Morgan fingerprint density at radius 3 is 3.22 bits per heavy atom. The number of hydrogen-bond donors (Lipinski definition) is 2. The third kappa shape index (κ3) is 0.764. The molecule has 0 aromatic carbocycles. The second-order valence-electron chi connectivity index (χ2n) is 2.71. The summed E-state index contributed by atoms with van der Waals surface area (Å²) in [5, 5.41) is 12.4. The molecule has 0 bridgehead atoms. The Hall–Kier alpha value is -0.120. The first kappa shape index (κ1) is 5.65. The number of ether oxygens (including phenoxy) is 1. The third-order valence-corrected chi connectivity index (χ3v) is 2.11. The van der Waals surface area contributed by atoms with Crippen LogP contribution >= 0.6 is 0 Å². The fourth-order valence-corrected chi connectivity index (χ4v) is 1.60. The van der Waals surface area contributed by atoms with Crippen molar-refractivity contribution in [3.05, 3.63) is 0 Å². The molecule has 0 aromatic rings. The lowest BCUT2D eigenvalue weighted by atomic mass is 10.1. The van der Waals surface area contributed by atoms with Gasteiger partial charge in [0.1, 0.15) is 0 Å². The molecule has 0 spiro atoms. The highest BCUT2D eigenvalue weighted by atomic mass is 16.5. The normalized spacial score (nSPS) is 49.7. The smallest absolute Gasteiger partial charge is 0.0951 e. The van der Waals surface area contributed by atoms with Crippen LogP contribution in [-0.4, -0.2) is 36.5 Å². The molecular weight excluding hydrogens is 118 g/mol. The molecule has 0 unspecified atom stereocenters. The van der Waals surface area contributed by atoms with Crippen molar-refractivity contribution in [3.8, 4) is 0 Å². The van der Waals surface area contributed by atoms with Gasteiger partial charge in [0.25, 0.3) is 0 Å². The second-order valence-corrected chi connectivity index (χ2v) is 2.71. The Morgan fingerprint density at radius 1 is 1.56 bits per heavy atom. The average molecular weight is 129 g/mol. The van der Waals surface area contributed by atoms with E-state index in [9.17, 15) is 5.11 Å². The van der Waals surface area contributed by atoms with Crippen molar-refractivity contribution < 1.29 is 9.84 Å². The summed E-state index contributed by atoms with van der Waals surface area (Å²) in [7, 11) is 0. The summed E-state index contributed by atoms with van der Waals surface area (Å²) in [4.78, 5) is 0.